The first-order chi connectivity index (χ1) is 16.6. The molecule has 170 valence electrons. The van der Waals surface area contributed by atoms with Crippen LogP contribution in [-0.4, -0.2) is 22.8 Å². The normalized spacial score (nSPS) is 10.7. The lowest BCUT2D eigenvalue weighted by atomic mass is 10.0. The number of hydrogen-bond acceptors (Lipinski definition) is 6. The van der Waals surface area contributed by atoms with E-state index in [0.717, 1.165) is 0 Å². The molecule has 4 aromatic carbocycles. The highest BCUT2D eigenvalue weighted by atomic mass is 17.2. The Labute approximate surface area is 197 Å². The number of benzene rings is 4. The van der Waals surface area contributed by atoms with Crippen LogP contribution in [0.1, 0.15) is 42.7 Å². The van der Waals surface area contributed by atoms with Crippen molar-refractivity contribution in [2.24, 2.45) is 0 Å². The fraction of sp³-hybridized carbons (Fsp3) is 0.0357. The van der Waals surface area contributed by atoms with Crippen molar-refractivity contribution in [3.8, 4) is 0 Å². The molecule has 0 aromatic heterocycles. The summed E-state index contributed by atoms with van der Waals surface area (Å²) in [6.07, 6.45) is -1.08. The molecule has 0 saturated heterocycles. The van der Waals surface area contributed by atoms with Crippen molar-refractivity contribution in [3.63, 3.8) is 0 Å². The maximum absolute atomic E-state index is 11.9. The fourth-order valence-electron chi connectivity index (χ4n) is 2.87. The van der Waals surface area contributed by atoms with Gasteiger partial charge in [0.2, 0.25) is 0 Å². The molecule has 1 unspecified atom stereocenters. The van der Waals surface area contributed by atoms with Crippen molar-refractivity contribution in [1.82, 2.24) is 0 Å². The molecular weight excluding hydrogens is 432 g/mol. The monoisotopic (exact) mass is 454 g/mol. The van der Waals surface area contributed by atoms with E-state index >= 15 is 0 Å². The number of rotatable bonds is 5. The van der Waals surface area contributed by atoms with Gasteiger partial charge in [-0.2, -0.15) is 0 Å². The molecular formula is C28H22O6. The van der Waals surface area contributed by atoms with Crippen LogP contribution in [0, 0.1) is 0 Å². The van der Waals surface area contributed by atoms with Crippen LogP contribution in [0.2, 0.25) is 0 Å². The van der Waals surface area contributed by atoms with Crippen molar-refractivity contribution in [3.05, 3.63) is 144 Å². The van der Waals surface area contributed by atoms with Crippen LogP contribution >= 0.6 is 0 Å². The molecule has 34 heavy (non-hydrogen) atoms. The highest BCUT2D eigenvalue weighted by molar-refractivity contribution is 5.99. The molecule has 1 N–H and O–H groups in total. The Hall–Kier alpha value is -4.55. The van der Waals surface area contributed by atoms with Gasteiger partial charge in [-0.25, -0.2) is 19.4 Å². The number of carbonyl (C=O) groups excluding carboxylic acids is 3. The molecule has 4 rings (SSSR count). The third-order valence-electron chi connectivity index (χ3n) is 4.63. The molecule has 0 bridgehead atoms. The van der Waals surface area contributed by atoms with Crippen LogP contribution in [0.4, 0.5) is 0 Å². The lowest BCUT2D eigenvalue weighted by molar-refractivity contribution is -0.187. The molecule has 0 aliphatic heterocycles. The lowest BCUT2D eigenvalue weighted by Crippen LogP contribution is -2.11. The van der Waals surface area contributed by atoms with E-state index in [2.05, 4.69) is 9.78 Å². The van der Waals surface area contributed by atoms with E-state index in [4.69, 9.17) is 0 Å². The number of Topliss-reactive ketones (excluding diaryl/α,β-unsaturated/α-hetero) is 1. The first-order valence-electron chi connectivity index (χ1n) is 10.4. The Morgan fingerprint density at radius 1 is 0.500 bits per heavy atom. The van der Waals surface area contributed by atoms with Crippen molar-refractivity contribution < 1.29 is 29.3 Å². The maximum atomic E-state index is 11.9. The van der Waals surface area contributed by atoms with E-state index in [1.807, 2.05) is 12.1 Å². The minimum Gasteiger partial charge on any atom is -0.380 e. The highest BCUT2D eigenvalue weighted by Crippen LogP contribution is 2.17. The standard InChI is InChI=1S/C14H10O4.C14H12O2/c15-13(11-7-3-1-4-8-11)17-18-14(16)12-9-5-2-6-10-12;15-13(11-7-3-1-4-8-11)14(16)12-9-5-2-6-10-12/h1-10H;1-10,13,15H. The largest absolute Gasteiger partial charge is 0.386 e. The van der Waals surface area contributed by atoms with Crippen molar-refractivity contribution >= 4 is 17.7 Å². The summed E-state index contributed by atoms with van der Waals surface area (Å²) in [7, 11) is 0. The van der Waals surface area contributed by atoms with Crippen LogP contribution < -0.4 is 0 Å². The minimum absolute atomic E-state index is 0.271. The average molecular weight is 454 g/mol. The van der Waals surface area contributed by atoms with Gasteiger partial charge in [0.15, 0.2) is 5.78 Å². The van der Waals surface area contributed by atoms with Crippen molar-refractivity contribution in [2.45, 2.75) is 6.10 Å². The predicted molar refractivity (Wildman–Crippen MR) is 126 cm³/mol. The predicted octanol–water partition coefficient (Wildman–Crippen LogP) is 5.22. The zero-order chi connectivity index (χ0) is 24.2. The van der Waals surface area contributed by atoms with Gasteiger partial charge in [0.25, 0.3) is 0 Å². The molecule has 0 amide bonds. The molecule has 0 spiro atoms. The van der Waals surface area contributed by atoms with Gasteiger partial charge < -0.3 is 5.11 Å². The number of aliphatic hydroxyl groups is 1. The molecule has 0 heterocycles. The van der Waals surface area contributed by atoms with Gasteiger partial charge in [-0.05, 0) is 29.8 Å². The van der Waals surface area contributed by atoms with E-state index in [1.54, 1.807) is 109 Å². The molecule has 1 atom stereocenters. The topological polar surface area (TPSA) is 89.9 Å². The Bertz CT molecular complexity index is 1140. The summed E-state index contributed by atoms with van der Waals surface area (Å²) in [4.78, 5) is 43.8. The molecule has 0 saturated carbocycles. The van der Waals surface area contributed by atoms with Gasteiger partial charge in [-0.1, -0.05) is 97.1 Å². The summed E-state index contributed by atoms with van der Waals surface area (Å²) < 4.78 is 0. The molecule has 6 heteroatoms. The molecule has 4 aromatic rings. The minimum atomic E-state index is -1.08. The van der Waals surface area contributed by atoms with Gasteiger partial charge >= 0.3 is 11.9 Å². The molecule has 0 aliphatic rings. The third kappa shape index (κ3) is 6.98. The molecule has 0 fully saturated rings. The van der Waals surface area contributed by atoms with E-state index in [0.29, 0.717) is 22.3 Å². The second-order valence-corrected chi connectivity index (χ2v) is 7.02. The summed E-state index contributed by atoms with van der Waals surface area (Å²) in [6.45, 7) is 0. The van der Waals surface area contributed by atoms with Gasteiger partial charge in [-0.3, -0.25) is 4.79 Å². The Kier molecular flexibility index (Phi) is 8.84. The Morgan fingerprint density at radius 3 is 1.21 bits per heavy atom. The fourth-order valence-corrected chi connectivity index (χ4v) is 2.87. The van der Waals surface area contributed by atoms with Gasteiger partial charge in [0.05, 0.1) is 11.1 Å². The highest BCUT2D eigenvalue weighted by Gasteiger charge is 2.18. The molecule has 0 aliphatic carbocycles. The van der Waals surface area contributed by atoms with Gasteiger partial charge in [0.1, 0.15) is 6.10 Å². The van der Waals surface area contributed by atoms with Crippen LogP contribution in [0.15, 0.2) is 121 Å². The van der Waals surface area contributed by atoms with Crippen LogP contribution in [0.25, 0.3) is 0 Å². The number of hydrogen-bond donors (Lipinski definition) is 1. The van der Waals surface area contributed by atoms with Crippen molar-refractivity contribution in [2.75, 3.05) is 0 Å². The Morgan fingerprint density at radius 2 is 0.824 bits per heavy atom. The number of carbonyl (C=O) groups is 3. The van der Waals surface area contributed by atoms with Crippen LogP contribution in [0.5, 0.6) is 0 Å². The summed E-state index contributed by atoms with van der Waals surface area (Å²) in [5, 5.41) is 9.89. The third-order valence-corrected chi connectivity index (χ3v) is 4.63. The van der Waals surface area contributed by atoms with Crippen molar-refractivity contribution in [1.29, 1.82) is 0 Å². The summed E-state index contributed by atoms with van der Waals surface area (Å²) in [5.41, 5.74) is 1.78. The summed E-state index contributed by atoms with van der Waals surface area (Å²) in [5.74, 6) is -1.69. The Balaban J connectivity index is 0.000000192. The maximum Gasteiger partial charge on any atom is 0.386 e. The zero-order valence-electron chi connectivity index (χ0n) is 18.1. The number of aliphatic hydroxyl groups excluding tert-OH is 1. The van der Waals surface area contributed by atoms with E-state index in [9.17, 15) is 19.5 Å². The first-order valence-corrected chi connectivity index (χ1v) is 10.4. The van der Waals surface area contributed by atoms with E-state index in [-0.39, 0.29) is 5.78 Å². The quantitative estimate of drug-likeness (QED) is 0.253. The lowest BCUT2D eigenvalue weighted by Gasteiger charge is -2.09. The SMILES string of the molecule is O=C(OOC(=O)c1ccccc1)c1ccccc1.O=C(c1ccccc1)C(O)c1ccccc1. The smallest absolute Gasteiger partial charge is 0.380 e. The summed E-state index contributed by atoms with van der Waals surface area (Å²) in [6, 6.07) is 34.3. The first kappa shape index (κ1) is 24.1. The molecule has 6 nitrogen and oxygen atoms in total. The van der Waals surface area contributed by atoms with Crippen LogP contribution in [-0.2, 0) is 9.78 Å². The van der Waals surface area contributed by atoms with E-state index < -0.39 is 18.0 Å². The van der Waals surface area contributed by atoms with Gasteiger partial charge in [-0.15, -0.1) is 0 Å². The second kappa shape index (κ2) is 12.5. The van der Waals surface area contributed by atoms with E-state index in [1.165, 1.54) is 0 Å². The summed E-state index contributed by atoms with van der Waals surface area (Å²) >= 11 is 0. The van der Waals surface area contributed by atoms with Gasteiger partial charge in [0, 0.05) is 5.56 Å². The molecule has 0 radical (unpaired) electrons. The second-order valence-electron chi connectivity index (χ2n) is 7.02. The van der Waals surface area contributed by atoms with Crippen LogP contribution in [0.3, 0.4) is 0 Å². The average Bonchev–Trinajstić information content (AvgIpc) is 2.93. The number of ketones is 1. The zero-order valence-corrected chi connectivity index (χ0v) is 18.1.